The summed E-state index contributed by atoms with van der Waals surface area (Å²) in [5, 5.41) is 0. The van der Waals surface area contributed by atoms with Crippen molar-refractivity contribution < 1.29 is 22.6 Å². The average molecular weight is 305 g/mol. The standard InChI is InChI=1S/C15H22F3NO2/c1-3-13(19)14(21-9-5-8-15(16,17)18)11-6-4-7-12(10-11)20-2/h4,6-7,10,13-14H,3,5,8-9,19H2,1-2H3. The minimum Gasteiger partial charge on any atom is -0.497 e. The third kappa shape index (κ3) is 6.35. The van der Waals surface area contributed by atoms with Crippen molar-refractivity contribution in [2.45, 2.75) is 44.5 Å². The first-order valence-electron chi connectivity index (χ1n) is 6.95. The van der Waals surface area contributed by atoms with Crippen LogP contribution in [0.15, 0.2) is 24.3 Å². The number of benzene rings is 1. The van der Waals surface area contributed by atoms with E-state index in [2.05, 4.69) is 0 Å². The van der Waals surface area contributed by atoms with E-state index in [4.69, 9.17) is 15.2 Å². The molecule has 120 valence electrons. The van der Waals surface area contributed by atoms with Crippen LogP contribution >= 0.6 is 0 Å². The molecular weight excluding hydrogens is 283 g/mol. The highest BCUT2D eigenvalue weighted by Gasteiger charge is 2.27. The van der Waals surface area contributed by atoms with E-state index in [0.29, 0.717) is 12.2 Å². The predicted molar refractivity (Wildman–Crippen MR) is 75.2 cm³/mol. The van der Waals surface area contributed by atoms with E-state index < -0.39 is 18.7 Å². The van der Waals surface area contributed by atoms with Crippen LogP contribution in [0.25, 0.3) is 0 Å². The molecule has 2 N–H and O–H groups in total. The van der Waals surface area contributed by atoms with Crippen molar-refractivity contribution in [2.75, 3.05) is 13.7 Å². The van der Waals surface area contributed by atoms with E-state index in [9.17, 15) is 13.2 Å². The van der Waals surface area contributed by atoms with Crippen LogP contribution in [0.1, 0.15) is 37.9 Å². The largest absolute Gasteiger partial charge is 0.497 e. The Morgan fingerprint density at radius 2 is 2.00 bits per heavy atom. The van der Waals surface area contributed by atoms with Crippen LogP contribution in [-0.2, 0) is 4.74 Å². The molecule has 0 saturated carbocycles. The number of alkyl halides is 3. The Hall–Kier alpha value is -1.27. The number of hydrogen-bond acceptors (Lipinski definition) is 3. The monoisotopic (exact) mass is 305 g/mol. The molecule has 0 aliphatic carbocycles. The third-order valence-electron chi connectivity index (χ3n) is 3.18. The van der Waals surface area contributed by atoms with Gasteiger partial charge in [0.1, 0.15) is 5.75 Å². The summed E-state index contributed by atoms with van der Waals surface area (Å²) in [6.07, 6.45) is -4.83. The molecule has 0 heterocycles. The zero-order chi connectivity index (χ0) is 15.9. The summed E-state index contributed by atoms with van der Waals surface area (Å²) in [5.74, 6) is 0.666. The van der Waals surface area contributed by atoms with Gasteiger partial charge in [0.2, 0.25) is 0 Å². The summed E-state index contributed by atoms with van der Waals surface area (Å²) in [6, 6.07) is 6.96. The Morgan fingerprint density at radius 1 is 1.29 bits per heavy atom. The SMILES string of the molecule is CCC(N)C(OCCCC(F)(F)F)c1cccc(OC)c1. The van der Waals surface area contributed by atoms with Crippen molar-refractivity contribution in [1.29, 1.82) is 0 Å². The third-order valence-corrected chi connectivity index (χ3v) is 3.18. The van der Waals surface area contributed by atoms with E-state index in [1.165, 1.54) is 0 Å². The van der Waals surface area contributed by atoms with Crippen molar-refractivity contribution in [1.82, 2.24) is 0 Å². The highest BCUT2D eigenvalue weighted by Crippen LogP contribution is 2.27. The summed E-state index contributed by atoms with van der Waals surface area (Å²) >= 11 is 0. The molecule has 6 heteroatoms. The molecule has 0 radical (unpaired) electrons. The van der Waals surface area contributed by atoms with E-state index in [1.54, 1.807) is 19.2 Å². The fraction of sp³-hybridized carbons (Fsp3) is 0.600. The fourth-order valence-corrected chi connectivity index (χ4v) is 1.98. The van der Waals surface area contributed by atoms with Crippen LogP contribution in [0.3, 0.4) is 0 Å². The maximum absolute atomic E-state index is 12.1. The molecular formula is C15H22F3NO2. The summed E-state index contributed by atoms with van der Waals surface area (Å²) in [7, 11) is 1.55. The van der Waals surface area contributed by atoms with Crippen molar-refractivity contribution in [3.05, 3.63) is 29.8 Å². The number of hydrogen-bond donors (Lipinski definition) is 1. The minimum absolute atomic E-state index is 0.0229. The van der Waals surface area contributed by atoms with Gasteiger partial charge in [0, 0.05) is 19.1 Å². The number of nitrogens with two attached hydrogens (primary N) is 1. The molecule has 0 aliphatic rings. The minimum atomic E-state index is -4.15. The van der Waals surface area contributed by atoms with Gasteiger partial charge in [-0.1, -0.05) is 19.1 Å². The van der Waals surface area contributed by atoms with Crippen LogP contribution in [0.4, 0.5) is 13.2 Å². The lowest BCUT2D eigenvalue weighted by atomic mass is 10.0. The van der Waals surface area contributed by atoms with Gasteiger partial charge in [-0.3, -0.25) is 0 Å². The highest BCUT2D eigenvalue weighted by atomic mass is 19.4. The molecule has 0 fully saturated rings. The molecule has 1 aromatic rings. The summed E-state index contributed by atoms with van der Waals surface area (Å²) in [4.78, 5) is 0. The molecule has 2 unspecified atom stereocenters. The van der Waals surface area contributed by atoms with Gasteiger partial charge < -0.3 is 15.2 Å². The van der Waals surface area contributed by atoms with Gasteiger partial charge in [-0.05, 0) is 30.5 Å². The normalized spacial score (nSPS) is 14.8. The van der Waals surface area contributed by atoms with Gasteiger partial charge in [-0.15, -0.1) is 0 Å². The Labute approximate surface area is 123 Å². The van der Waals surface area contributed by atoms with Crippen molar-refractivity contribution in [3.63, 3.8) is 0 Å². The molecule has 0 amide bonds. The molecule has 2 atom stereocenters. The Balaban J connectivity index is 2.67. The molecule has 0 bridgehead atoms. The van der Waals surface area contributed by atoms with Gasteiger partial charge in [0.25, 0.3) is 0 Å². The Bertz CT molecular complexity index is 424. The Morgan fingerprint density at radius 3 is 2.57 bits per heavy atom. The van der Waals surface area contributed by atoms with E-state index in [-0.39, 0.29) is 19.1 Å². The van der Waals surface area contributed by atoms with E-state index in [0.717, 1.165) is 5.56 Å². The average Bonchev–Trinajstić information content (AvgIpc) is 2.45. The smallest absolute Gasteiger partial charge is 0.389 e. The second-order valence-corrected chi connectivity index (χ2v) is 4.86. The number of ether oxygens (including phenoxy) is 2. The molecule has 0 aromatic heterocycles. The van der Waals surface area contributed by atoms with Crippen LogP contribution in [0.5, 0.6) is 5.75 Å². The topological polar surface area (TPSA) is 44.5 Å². The van der Waals surface area contributed by atoms with Gasteiger partial charge in [0.05, 0.1) is 13.2 Å². The van der Waals surface area contributed by atoms with Crippen molar-refractivity contribution in [3.8, 4) is 5.75 Å². The number of rotatable bonds is 8. The molecule has 3 nitrogen and oxygen atoms in total. The molecule has 21 heavy (non-hydrogen) atoms. The van der Waals surface area contributed by atoms with Crippen LogP contribution in [0.2, 0.25) is 0 Å². The fourth-order valence-electron chi connectivity index (χ4n) is 1.98. The maximum Gasteiger partial charge on any atom is 0.389 e. The van der Waals surface area contributed by atoms with Crippen molar-refractivity contribution >= 4 is 0 Å². The van der Waals surface area contributed by atoms with Gasteiger partial charge in [-0.25, -0.2) is 0 Å². The van der Waals surface area contributed by atoms with Crippen LogP contribution in [0, 0.1) is 0 Å². The lowest BCUT2D eigenvalue weighted by Crippen LogP contribution is -2.30. The first-order valence-corrected chi connectivity index (χ1v) is 6.95. The van der Waals surface area contributed by atoms with Gasteiger partial charge in [0.15, 0.2) is 0 Å². The summed E-state index contributed by atoms with van der Waals surface area (Å²) < 4.78 is 47.1. The molecule has 0 saturated heterocycles. The lowest BCUT2D eigenvalue weighted by molar-refractivity contribution is -0.139. The van der Waals surface area contributed by atoms with Crippen molar-refractivity contribution in [2.24, 2.45) is 5.73 Å². The maximum atomic E-state index is 12.1. The number of halogens is 3. The summed E-state index contributed by atoms with van der Waals surface area (Å²) in [5.41, 5.74) is 6.84. The predicted octanol–water partition coefficient (Wildman–Crippen LogP) is 3.83. The summed E-state index contributed by atoms with van der Waals surface area (Å²) in [6.45, 7) is 1.94. The molecule has 0 spiro atoms. The highest BCUT2D eigenvalue weighted by molar-refractivity contribution is 5.30. The number of methoxy groups -OCH3 is 1. The van der Waals surface area contributed by atoms with Crippen LogP contribution < -0.4 is 10.5 Å². The second-order valence-electron chi connectivity index (χ2n) is 4.86. The van der Waals surface area contributed by atoms with Gasteiger partial charge in [-0.2, -0.15) is 13.2 Å². The second kappa shape index (κ2) is 8.24. The van der Waals surface area contributed by atoms with E-state index >= 15 is 0 Å². The molecule has 0 aliphatic heterocycles. The molecule has 1 rings (SSSR count). The van der Waals surface area contributed by atoms with Gasteiger partial charge >= 0.3 is 6.18 Å². The zero-order valence-electron chi connectivity index (χ0n) is 12.3. The zero-order valence-corrected chi connectivity index (χ0v) is 12.3. The van der Waals surface area contributed by atoms with E-state index in [1.807, 2.05) is 19.1 Å². The quantitative estimate of drug-likeness (QED) is 0.742. The Kier molecular flexibility index (Phi) is 6.98. The first-order chi connectivity index (χ1) is 9.87. The van der Waals surface area contributed by atoms with Crippen LogP contribution in [-0.4, -0.2) is 25.9 Å². The molecule has 1 aromatic carbocycles. The lowest BCUT2D eigenvalue weighted by Gasteiger charge is -2.24. The first kappa shape index (κ1) is 17.8.